The lowest BCUT2D eigenvalue weighted by molar-refractivity contribution is 0.0515. The van der Waals surface area contributed by atoms with Crippen LogP contribution in [0.25, 0.3) is 0 Å². The van der Waals surface area contributed by atoms with Gasteiger partial charge in [0.2, 0.25) is 0 Å². The molecule has 0 aromatic heterocycles. The van der Waals surface area contributed by atoms with Crippen LogP contribution in [0, 0.1) is 11.6 Å². The van der Waals surface area contributed by atoms with E-state index in [1.165, 1.54) is 6.07 Å². The highest BCUT2D eigenvalue weighted by Gasteiger charge is 2.20. The molecule has 2 nitrogen and oxygen atoms in total. The predicted octanol–water partition coefficient (Wildman–Crippen LogP) is 2.88. The van der Waals surface area contributed by atoms with E-state index in [2.05, 4.69) is 4.74 Å². The van der Waals surface area contributed by atoms with Crippen molar-refractivity contribution in [1.82, 2.24) is 0 Å². The summed E-state index contributed by atoms with van der Waals surface area (Å²) in [6.07, 6.45) is 0. The van der Waals surface area contributed by atoms with Crippen LogP contribution in [-0.2, 0) is 10.6 Å². The minimum Gasteiger partial charge on any atom is -0.462 e. The summed E-state index contributed by atoms with van der Waals surface area (Å²) in [7, 11) is 0. The van der Waals surface area contributed by atoms with Gasteiger partial charge in [0.25, 0.3) is 0 Å². The lowest BCUT2D eigenvalue weighted by atomic mass is 10.1. The van der Waals surface area contributed by atoms with Gasteiger partial charge in [-0.3, -0.25) is 0 Å². The van der Waals surface area contributed by atoms with Gasteiger partial charge in [0.15, 0.2) is 0 Å². The molecule has 0 unspecified atom stereocenters. The van der Waals surface area contributed by atoms with Crippen LogP contribution < -0.4 is 0 Å². The highest BCUT2D eigenvalue weighted by Crippen LogP contribution is 2.19. The molecule has 0 spiro atoms. The smallest absolute Gasteiger partial charge is 0.344 e. The Morgan fingerprint density at radius 1 is 1.47 bits per heavy atom. The molecule has 0 N–H and O–H groups in total. The first-order valence-corrected chi connectivity index (χ1v) is 4.85. The second kappa shape index (κ2) is 5.07. The van der Waals surface area contributed by atoms with Gasteiger partial charge in [-0.05, 0) is 13.0 Å². The van der Waals surface area contributed by atoms with E-state index in [1.807, 2.05) is 0 Å². The molecule has 0 saturated heterocycles. The fraction of sp³-hybridized carbons (Fsp3) is 0.300. The van der Waals surface area contributed by atoms with Crippen molar-refractivity contribution >= 4 is 17.6 Å². The average molecular weight is 235 g/mol. The largest absolute Gasteiger partial charge is 0.462 e. The number of rotatable bonds is 3. The Labute approximate surface area is 90.8 Å². The Morgan fingerprint density at radius 3 is 2.67 bits per heavy atom. The standard InChI is InChI=1S/C10H9ClF2O2/c1-2-15-10(14)8-7(12)4-3-6(5-11)9(8)13/h3-4H,2,5H2,1H3. The molecule has 0 fully saturated rings. The van der Waals surface area contributed by atoms with Gasteiger partial charge >= 0.3 is 5.97 Å². The molecule has 0 radical (unpaired) electrons. The zero-order chi connectivity index (χ0) is 11.4. The lowest BCUT2D eigenvalue weighted by Gasteiger charge is -2.06. The molecule has 0 bridgehead atoms. The topological polar surface area (TPSA) is 26.3 Å². The van der Waals surface area contributed by atoms with Crippen molar-refractivity contribution in [1.29, 1.82) is 0 Å². The molecule has 0 aliphatic rings. The summed E-state index contributed by atoms with van der Waals surface area (Å²) < 4.78 is 31.2. The highest BCUT2D eigenvalue weighted by molar-refractivity contribution is 6.17. The van der Waals surface area contributed by atoms with E-state index in [9.17, 15) is 13.6 Å². The number of hydrogen-bond donors (Lipinski definition) is 0. The maximum Gasteiger partial charge on any atom is 0.344 e. The molecule has 0 aliphatic carbocycles. The maximum atomic E-state index is 13.5. The fourth-order valence-electron chi connectivity index (χ4n) is 1.09. The van der Waals surface area contributed by atoms with Gasteiger partial charge < -0.3 is 4.74 Å². The molecule has 0 atom stereocenters. The van der Waals surface area contributed by atoms with E-state index < -0.39 is 23.2 Å². The van der Waals surface area contributed by atoms with E-state index in [0.29, 0.717) is 0 Å². The third-order valence-corrected chi connectivity index (χ3v) is 2.08. The molecule has 1 aromatic carbocycles. The number of hydrogen-bond acceptors (Lipinski definition) is 2. The number of benzene rings is 1. The van der Waals surface area contributed by atoms with E-state index in [0.717, 1.165) is 6.07 Å². The first-order chi connectivity index (χ1) is 7.11. The summed E-state index contributed by atoms with van der Waals surface area (Å²) in [6, 6.07) is 2.19. The Bertz CT molecular complexity index is 380. The molecule has 5 heteroatoms. The van der Waals surface area contributed by atoms with Gasteiger partial charge in [0.1, 0.15) is 17.2 Å². The van der Waals surface area contributed by atoms with Gasteiger partial charge in [0, 0.05) is 5.56 Å². The quantitative estimate of drug-likeness (QED) is 0.594. The minimum atomic E-state index is -1.01. The van der Waals surface area contributed by atoms with Crippen LogP contribution in [0.1, 0.15) is 22.8 Å². The van der Waals surface area contributed by atoms with Gasteiger partial charge in [-0.15, -0.1) is 11.6 Å². The molecule has 0 aliphatic heterocycles. The highest BCUT2D eigenvalue weighted by atomic mass is 35.5. The maximum absolute atomic E-state index is 13.5. The number of esters is 1. The number of halogens is 3. The first kappa shape index (κ1) is 11.9. The molecular formula is C10H9ClF2O2. The van der Waals surface area contributed by atoms with Crippen molar-refractivity contribution in [2.24, 2.45) is 0 Å². The Hall–Kier alpha value is -1.16. The third kappa shape index (κ3) is 2.45. The number of carbonyl (C=O) groups is 1. The van der Waals surface area contributed by atoms with Crippen LogP contribution in [0.3, 0.4) is 0 Å². The summed E-state index contributed by atoms with van der Waals surface area (Å²) in [6.45, 7) is 1.61. The van der Waals surface area contributed by atoms with Crippen molar-refractivity contribution in [3.63, 3.8) is 0 Å². The molecular weight excluding hydrogens is 226 g/mol. The molecule has 0 heterocycles. The van der Waals surface area contributed by atoms with E-state index in [-0.39, 0.29) is 18.1 Å². The SMILES string of the molecule is CCOC(=O)c1c(F)ccc(CCl)c1F. The summed E-state index contributed by atoms with van der Waals surface area (Å²) >= 11 is 5.42. The van der Waals surface area contributed by atoms with Crippen molar-refractivity contribution in [2.75, 3.05) is 6.61 Å². The van der Waals surface area contributed by atoms with Gasteiger partial charge in [-0.1, -0.05) is 6.07 Å². The number of carbonyl (C=O) groups excluding carboxylic acids is 1. The first-order valence-electron chi connectivity index (χ1n) is 4.31. The summed E-state index contributed by atoms with van der Waals surface area (Å²) in [4.78, 5) is 11.2. The Kier molecular flexibility index (Phi) is 4.03. The van der Waals surface area contributed by atoms with Crippen LogP contribution in [-0.4, -0.2) is 12.6 Å². The van der Waals surface area contributed by atoms with Crippen molar-refractivity contribution in [2.45, 2.75) is 12.8 Å². The van der Waals surface area contributed by atoms with Gasteiger partial charge in [-0.25, -0.2) is 13.6 Å². The van der Waals surface area contributed by atoms with Crippen LogP contribution in [0.2, 0.25) is 0 Å². The zero-order valence-electron chi connectivity index (χ0n) is 8.02. The summed E-state index contributed by atoms with van der Waals surface area (Å²) in [5.74, 6) is -3.04. The van der Waals surface area contributed by atoms with E-state index in [1.54, 1.807) is 6.92 Å². The van der Waals surface area contributed by atoms with Crippen LogP contribution >= 0.6 is 11.6 Å². The fourth-order valence-corrected chi connectivity index (χ4v) is 1.30. The van der Waals surface area contributed by atoms with Gasteiger partial charge in [-0.2, -0.15) is 0 Å². The molecule has 82 valence electrons. The lowest BCUT2D eigenvalue weighted by Crippen LogP contribution is -2.11. The van der Waals surface area contributed by atoms with Crippen LogP contribution in [0.4, 0.5) is 8.78 Å². The molecule has 1 rings (SSSR count). The summed E-state index contributed by atoms with van der Waals surface area (Å²) in [5.41, 5.74) is -0.615. The Balaban J connectivity index is 3.20. The van der Waals surface area contributed by atoms with E-state index in [4.69, 9.17) is 11.6 Å². The monoisotopic (exact) mass is 234 g/mol. The summed E-state index contributed by atoms with van der Waals surface area (Å²) in [5, 5.41) is 0. The third-order valence-electron chi connectivity index (χ3n) is 1.79. The average Bonchev–Trinajstić information content (AvgIpc) is 2.18. The van der Waals surface area contributed by atoms with Crippen LogP contribution in [0.5, 0.6) is 0 Å². The number of ether oxygens (including phenoxy) is 1. The van der Waals surface area contributed by atoms with Crippen molar-refractivity contribution < 1.29 is 18.3 Å². The van der Waals surface area contributed by atoms with Crippen LogP contribution in [0.15, 0.2) is 12.1 Å². The zero-order valence-corrected chi connectivity index (χ0v) is 8.78. The second-order valence-electron chi connectivity index (χ2n) is 2.75. The molecule has 0 saturated carbocycles. The van der Waals surface area contributed by atoms with Gasteiger partial charge in [0.05, 0.1) is 12.5 Å². The van der Waals surface area contributed by atoms with Crippen molar-refractivity contribution in [3.8, 4) is 0 Å². The molecule has 0 amide bonds. The minimum absolute atomic E-state index is 0.0583. The second-order valence-corrected chi connectivity index (χ2v) is 3.02. The van der Waals surface area contributed by atoms with Crippen molar-refractivity contribution in [3.05, 3.63) is 34.9 Å². The molecule has 1 aromatic rings. The van der Waals surface area contributed by atoms with E-state index >= 15 is 0 Å². The number of alkyl halides is 1. The normalized spacial score (nSPS) is 10.1. The predicted molar refractivity (Wildman–Crippen MR) is 51.9 cm³/mol. The Morgan fingerprint density at radius 2 is 2.13 bits per heavy atom. The molecule has 15 heavy (non-hydrogen) atoms.